The molecule has 0 bridgehead atoms. The normalized spacial score (nSPS) is 13.2. The predicted molar refractivity (Wildman–Crippen MR) is 118 cm³/mol. The Balaban J connectivity index is 1.37. The van der Waals surface area contributed by atoms with Crippen LogP contribution in [0, 0.1) is 5.82 Å². The van der Waals surface area contributed by atoms with Gasteiger partial charge in [0.05, 0.1) is 5.69 Å². The van der Waals surface area contributed by atoms with Crippen LogP contribution < -0.4 is 5.32 Å². The van der Waals surface area contributed by atoms with Gasteiger partial charge in [0.1, 0.15) is 17.8 Å². The van der Waals surface area contributed by atoms with E-state index >= 15 is 0 Å². The first-order valence-electron chi connectivity index (χ1n) is 10.5. The van der Waals surface area contributed by atoms with Crippen molar-refractivity contribution >= 4 is 11.6 Å². The molecule has 1 amide bonds. The monoisotopic (exact) mass is 428 g/mol. The fraction of sp³-hybridized carbons (Fsp3) is 0.208. The zero-order valence-corrected chi connectivity index (χ0v) is 17.5. The van der Waals surface area contributed by atoms with Gasteiger partial charge in [-0.05, 0) is 55.2 Å². The van der Waals surface area contributed by atoms with Gasteiger partial charge in [-0.3, -0.25) is 14.8 Å². The fourth-order valence-corrected chi connectivity index (χ4v) is 3.62. The van der Waals surface area contributed by atoms with Crippen LogP contribution >= 0.6 is 0 Å². The third-order valence-electron chi connectivity index (χ3n) is 5.47. The zero-order valence-electron chi connectivity index (χ0n) is 17.5. The lowest BCUT2D eigenvalue weighted by atomic mass is 10.1. The number of nitrogens with one attached hydrogen (secondary N) is 1. The summed E-state index contributed by atoms with van der Waals surface area (Å²) in [5.41, 5.74) is 3.42. The lowest BCUT2D eigenvalue weighted by Gasteiger charge is -2.09. The molecule has 8 heteroatoms. The number of amides is 1. The Kier molecular flexibility index (Phi) is 5.18. The SMILES string of the molecule is CCc1ncc(-c2ccnc(C(=O)Nc3cccc(-c4nncn4C4CC4)c3)c2)cc1F. The van der Waals surface area contributed by atoms with E-state index in [-0.39, 0.29) is 17.4 Å². The topological polar surface area (TPSA) is 85.6 Å². The highest BCUT2D eigenvalue weighted by Crippen LogP contribution is 2.37. The number of anilines is 1. The van der Waals surface area contributed by atoms with Crippen LogP contribution in [0.15, 0.2) is 61.2 Å². The number of aryl methyl sites for hydroxylation is 1. The van der Waals surface area contributed by atoms with Gasteiger partial charge in [-0.25, -0.2) is 4.39 Å². The van der Waals surface area contributed by atoms with E-state index in [9.17, 15) is 9.18 Å². The Morgan fingerprint density at radius 2 is 2.00 bits per heavy atom. The lowest BCUT2D eigenvalue weighted by molar-refractivity contribution is 0.102. The van der Waals surface area contributed by atoms with Crippen LogP contribution in [0.5, 0.6) is 0 Å². The number of aromatic nitrogens is 5. The average Bonchev–Trinajstić information content (AvgIpc) is 3.55. The van der Waals surface area contributed by atoms with Crippen molar-refractivity contribution in [2.45, 2.75) is 32.2 Å². The van der Waals surface area contributed by atoms with Crippen LogP contribution in [0.1, 0.15) is 42.0 Å². The predicted octanol–water partition coefficient (Wildman–Crippen LogP) is 4.69. The van der Waals surface area contributed by atoms with Crippen LogP contribution in [-0.2, 0) is 6.42 Å². The summed E-state index contributed by atoms with van der Waals surface area (Å²) in [4.78, 5) is 21.2. The Bertz CT molecular complexity index is 1300. The first kappa shape index (κ1) is 20.0. The first-order chi connectivity index (χ1) is 15.6. The van der Waals surface area contributed by atoms with Gasteiger partial charge < -0.3 is 9.88 Å². The van der Waals surface area contributed by atoms with Crippen LogP contribution in [-0.4, -0.2) is 30.6 Å². The molecule has 1 N–H and O–H groups in total. The van der Waals surface area contributed by atoms with Crippen molar-refractivity contribution in [3.05, 3.63) is 78.4 Å². The van der Waals surface area contributed by atoms with Gasteiger partial charge in [0.25, 0.3) is 5.91 Å². The highest BCUT2D eigenvalue weighted by Gasteiger charge is 2.26. The molecule has 160 valence electrons. The van der Waals surface area contributed by atoms with E-state index in [1.807, 2.05) is 31.2 Å². The summed E-state index contributed by atoms with van der Waals surface area (Å²) in [6, 6.07) is 12.7. The van der Waals surface area contributed by atoms with Crippen molar-refractivity contribution in [2.75, 3.05) is 5.32 Å². The molecule has 1 aliphatic carbocycles. The molecular weight excluding hydrogens is 407 g/mol. The molecule has 0 saturated heterocycles. The largest absolute Gasteiger partial charge is 0.321 e. The van der Waals surface area contributed by atoms with Crippen molar-refractivity contribution in [3.8, 4) is 22.5 Å². The maximum atomic E-state index is 14.2. The van der Waals surface area contributed by atoms with Crippen molar-refractivity contribution < 1.29 is 9.18 Å². The molecule has 3 aromatic heterocycles. The van der Waals surface area contributed by atoms with Gasteiger partial charge in [-0.15, -0.1) is 10.2 Å². The Morgan fingerprint density at radius 3 is 2.78 bits per heavy atom. The second-order valence-corrected chi connectivity index (χ2v) is 7.76. The summed E-state index contributed by atoms with van der Waals surface area (Å²) in [7, 11) is 0. The summed E-state index contributed by atoms with van der Waals surface area (Å²) in [6.07, 6.45) is 7.67. The second kappa shape index (κ2) is 8.30. The maximum absolute atomic E-state index is 14.2. The minimum Gasteiger partial charge on any atom is -0.321 e. The summed E-state index contributed by atoms with van der Waals surface area (Å²) >= 11 is 0. The van der Waals surface area contributed by atoms with Gasteiger partial charge >= 0.3 is 0 Å². The number of hydrogen-bond donors (Lipinski definition) is 1. The molecule has 32 heavy (non-hydrogen) atoms. The second-order valence-electron chi connectivity index (χ2n) is 7.76. The molecule has 0 spiro atoms. The van der Waals surface area contributed by atoms with Crippen molar-refractivity contribution in [2.24, 2.45) is 0 Å². The summed E-state index contributed by atoms with van der Waals surface area (Å²) in [5, 5.41) is 11.2. The van der Waals surface area contributed by atoms with Crippen molar-refractivity contribution in [3.63, 3.8) is 0 Å². The van der Waals surface area contributed by atoms with E-state index in [2.05, 4.69) is 30.0 Å². The number of benzene rings is 1. The molecule has 7 nitrogen and oxygen atoms in total. The van der Waals surface area contributed by atoms with Gasteiger partial charge in [0, 0.05) is 35.2 Å². The van der Waals surface area contributed by atoms with Crippen LogP contribution in [0.2, 0.25) is 0 Å². The van der Waals surface area contributed by atoms with Crippen LogP contribution in [0.4, 0.5) is 10.1 Å². The third kappa shape index (κ3) is 3.99. The van der Waals surface area contributed by atoms with E-state index in [4.69, 9.17) is 0 Å². The lowest BCUT2D eigenvalue weighted by Crippen LogP contribution is -2.13. The van der Waals surface area contributed by atoms with Crippen molar-refractivity contribution in [1.29, 1.82) is 0 Å². The van der Waals surface area contributed by atoms with Crippen LogP contribution in [0.25, 0.3) is 22.5 Å². The molecule has 0 radical (unpaired) electrons. The standard InChI is InChI=1S/C24H21FN6O/c1-2-21-20(25)11-17(13-27-21)15-8-9-26-22(12-15)24(32)29-18-5-3-4-16(10-18)23-30-28-14-31(23)19-6-7-19/h3-5,8-14,19H,2,6-7H2,1H3,(H,29,32). The summed E-state index contributed by atoms with van der Waals surface area (Å²) in [6.45, 7) is 1.85. The summed E-state index contributed by atoms with van der Waals surface area (Å²) in [5.74, 6) is 0.0729. The molecule has 1 aliphatic rings. The Morgan fingerprint density at radius 1 is 1.12 bits per heavy atom. The van der Waals surface area contributed by atoms with Gasteiger partial charge in [-0.2, -0.15) is 0 Å². The maximum Gasteiger partial charge on any atom is 0.274 e. The number of carbonyl (C=O) groups excluding carboxylic acids is 1. The average molecular weight is 428 g/mol. The van der Waals surface area contributed by atoms with Crippen LogP contribution in [0.3, 0.4) is 0 Å². The molecule has 0 aliphatic heterocycles. The summed E-state index contributed by atoms with van der Waals surface area (Å²) < 4.78 is 16.2. The molecule has 1 aromatic carbocycles. The highest BCUT2D eigenvalue weighted by molar-refractivity contribution is 6.03. The molecule has 5 rings (SSSR count). The molecule has 1 fully saturated rings. The minimum atomic E-state index is -0.358. The molecular formula is C24H21FN6O. The minimum absolute atomic E-state index is 0.231. The molecule has 4 aromatic rings. The van der Waals surface area contributed by atoms with Gasteiger partial charge in [-0.1, -0.05) is 19.1 Å². The van der Waals surface area contributed by atoms with Gasteiger partial charge in [0.2, 0.25) is 0 Å². The highest BCUT2D eigenvalue weighted by atomic mass is 19.1. The van der Waals surface area contributed by atoms with E-state index in [1.165, 1.54) is 12.3 Å². The Labute approximate surface area is 184 Å². The zero-order chi connectivity index (χ0) is 22.1. The number of carbonyl (C=O) groups is 1. The first-order valence-corrected chi connectivity index (χ1v) is 10.5. The molecule has 0 atom stereocenters. The van der Waals surface area contributed by atoms with Gasteiger partial charge in [0.15, 0.2) is 5.82 Å². The van der Waals surface area contributed by atoms with E-state index in [0.29, 0.717) is 35.0 Å². The smallest absolute Gasteiger partial charge is 0.274 e. The van der Waals surface area contributed by atoms with E-state index in [1.54, 1.807) is 24.7 Å². The number of halogens is 1. The number of rotatable bonds is 6. The molecule has 0 unspecified atom stereocenters. The van der Waals surface area contributed by atoms with E-state index < -0.39 is 0 Å². The van der Waals surface area contributed by atoms with E-state index in [0.717, 1.165) is 24.2 Å². The number of pyridine rings is 2. The van der Waals surface area contributed by atoms with Crippen molar-refractivity contribution in [1.82, 2.24) is 24.7 Å². The number of nitrogens with zero attached hydrogens (tertiary/aromatic N) is 5. The number of hydrogen-bond acceptors (Lipinski definition) is 5. The molecule has 1 saturated carbocycles. The third-order valence-corrected chi connectivity index (χ3v) is 5.47. The quantitative estimate of drug-likeness (QED) is 0.482. The fourth-order valence-electron chi connectivity index (χ4n) is 3.62. The molecule has 3 heterocycles. The Hall–Kier alpha value is -3.94.